The van der Waals surface area contributed by atoms with Crippen LogP contribution in [0.5, 0.6) is 0 Å². The van der Waals surface area contributed by atoms with Gasteiger partial charge >= 0.3 is 12.1 Å². The number of hydrogen-bond acceptors (Lipinski definition) is 6. The smallest absolute Gasteiger partial charge is 0.408 e. The fourth-order valence-corrected chi connectivity index (χ4v) is 4.04. The third-order valence-electron chi connectivity index (χ3n) is 4.46. The lowest BCUT2D eigenvalue weighted by Gasteiger charge is -2.24. The van der Waals surface area contributed by atoms with Gasteiger partial charge in [0.25, 0.3) is 0 Å². The molecular formula is C25H31NO6S. The molecule has 2 rings (SSSR count). The van der Waals surface area contributed by atoms with Crippen LogP contribution in [-0.4, -0.2) is 32.1 Å². The molecule has 178 valence electrons. The predicted molar refractivity (Wildman–Crippen MR) is 126 cm³/mol. The highest BCUT2D eigenvalue weighted by molar-refractivity contribution is 7.94. The van der Waals surface area contributed by atoms with Crippen LogP contribution in [0, 0.1) is 5.92 Å². The number of benzene rings is 2. The Labute approximate surface area is 195 Å². The number of carbonyl (C=O) groups is 2. The van der Waals surface area contributed by atoms with Gasteiger partial charge in [-0.15, -0.1) is 0 Å². The van der Waals surface area contributed by atoms with Crippen LogP contribution in [0.4, 0.5) is 4.79 Å². The fourth-order valence-electron chi connectivity index (χ4n) is 2.87. The Kier molecular flexibility index (Phi) is 9.22. The third kappa shape index (κ3) is 9.49. The number of esters is 1. The lowest BCUT2D eigenvalue weighted by Crippen LogP contribution is -2.45. The van der Waals surface area contributed by atoms with Gasteiger partial charge in [-0.05, 0) is 50.8 Å². The van der Waals surface area contributed by atoms with Crippen molar-refractivity contribution in [3.63, 3.8) is 0 Å². The number of alkyl carbamates (subject to hydrolysis) is 1. The van der Waals surface area contributed by atoms with E-state index in [1.165, 1.54) is 18.2 Å². The molecular weight excluding hydrogens is 442 g/mol. The van der Waals surface area contributed by atoms with Gasteiger partial charge in [0.15, 0.2) is 9.84 Å². The zero-order valence-electron chi connectivity index (χ0n) is 19.4. The van der Waals surface area contributed by atoms with Gasteiger partial charge in [0.05, 0.1) is 4.90 Å². The number of allylic oxidation sites excluding steroid dienone is 1. The van der Waals surface area contributed by atoms with Crippen LogP contribution in [0.3, 0.4) is 0 Å². The minimum absolute atomic E-state index is 0.0543. The maximum absolute atomic E-state index is 12.7. The molecule has 0 saturated carbocycles. The van der Waals surface area contributed by atoms with Gasteiger partial charge in [0, 0.05) is 5.41 Å². The summed E-state index contributed by atoms with van der Waals surface area (Å²) in [5.41, 5.74) is 0.0708. The van der Waals surface area contributed by atoms with Gasteiger partial charge in [-0.2, -0.15) is 0 Å². The second kappa shape index (κ2) is 11.7. The van der Waals surface area contributed by atoms with Gasteiger partial charge in [0.1, 0.15) is 18.2 Å². The summed E-state index contributed by atoms with van der Waals surface area (Å²) in [6.07, 6.45) is 0.877. The zero-order valence-corrected chi connectivity index (χ0v) is 20.2. The second-order valence-electron chi connectivity index (χ2n) is 8.69. The minimum atomic E-state index is -3.61. The van der Waals surface area contributed by atoms with Crippen molar-refractivity contribution in [2.75, 3.05) is 0 Å². The number of hydrogen-bond donors (Lipinski definition) is 1. The Balaban J connectivity index is 2.09. The van der Waals surface area contributed by atoms with E-state index in [-0.39, 0.29) is 23.8 Å². The SMILES string of the molecule is C[C@@H](/C=C/S(=O)(=O)c1ccccc1)C[C@@H](NC(=O)OC(C)(C)C)C(=O)OCc1ccccc1. The molecule has 0 aromatic heterocycles. The highest BCUT2D eigenvalue weighted by atomic mass is 32.2. The lowest BCUT2D eigenvalue weighted by molar-refractivity contribution is -0.147. The molecule has 8 heteroatoms. The fraction of sp³-hybridized carbons (Fsp3) is 0.360. The molecule has 0 unspecified atom stereocenters. The van der Waals surface area contributed by atoms with E-state index in [1.54, 1.807) is 45.9 Å². The summed E-state index contributed by atoms with van der Waals surface area (Å²) in [6.45, 7) is 6.96. The number of amides is 1. The van der Waals surface area contributed by atoms with Gasteiger partial charge in [-0.3, -0.25) is 0 Å². The molecule has 0 saturated heterocycles. The first-order chi connectivity index (χ1) is 15.5. The van der Waals surface area contributed by atoms with Gasteiger partial charge < -0.3 is 14.8 Å². The molecule has 0 bridgehead atoms. The van der Waals surface area contributed by atoms with Crippen molar-refractivity contribution in [2.24, 2.45) is 5.92 Å². The van der Waals surface area contributed by atoms with Crippen LogP contribution in [-0.2, 0) is 30.7 Å². The molecule has 0 heterocycles. The molecule has 2 aromatic carbocycles. The first-order valence-electron chi connectivity index (χ1n) is 10.6. The van der Waals surface area contributed by atoms with Gasteiger partial charge in [0.2, 0.25) is 0 Å². The number of sulfone groups is 1. The van der Waals surface area contributed by atoms with E-state index < -0.39 is 33.5 Å². The molecule has 0 aliphatic rings. The molecule has 2 aromatic rings. The van der Waals surface area contributed by atoms with E-state index in [4.69, 9.17) is 9.47 Å². The number of nitrogens with one attached hydrogen (secondary N) is 1. The molecule has 33 heavy (non-hydrogen) atoms. The van der Waals surface area contributed by atoms with E-state index in [9.17, 15) is 18.0 Å². The van der Waals surface area contributed by atoms with Crippen molar-refractivity contribution in [1.29, 1.82) is 0 Å². The molecule has 1 amide bonds. The molecule has 7 nitrogen and oxygen atoms in total. The van der Waals surface area contributed by atoms with Crippen molar-refractivity contribution in [2.45, 2.75) is 57.3 Å². The van der Waals surface area contributed by atoms with Crippen LogP contribution < -0.4 is 5.32 Å². The van der Waals surface area contributed by atoms with Crippen molar-refractivity contribution in [3.05, 3.63) is 77.7 Å². The van der Waals surface area contributed by atoms with Crippen molar-refractivity contribution >= 4 is 21.9 Å². The molecule has 0 aliphatic heterocycles. The Morgan fingerprint density at radius 3 is 2.15 bits per heavy atom. The predicted octanol–water partition coefficient (Wildman–Crippen LogP) is 4.64. The number of ether oxygens (including phenoxy) is 2. The highest BCUT2D eigenvalue weighted by Crippen LogP contribution is 2.16. The normalized spacial score (nSPS) is 13.8. The summed E-state index contributed by atoms with van der Waals surface area (Å²) < 4.78 is 35.6. The van der Waals surface area contributed by atoms with Crippen LogP contribution in [0.1, 0.15) is 39.7 Å². The van der Waals surface area contributed by atoms with Crippen molar-refractivity contribution in [3.8, 4) is 0 Å². The first kappa shape index (κ1) is 26.1. The van der Waals surface area contributed by atoms with E-state index in [0.717, 1.165) is 11.0 Å². The topological polar surface area (TPSA) is 98.8 Å². The van der Waals surface area contributed by atoms with E-state index in [1.807, 2.05) is 30.3 Å². The molecule has 1 N–H and O–H groups in total. The second-order valence-corrected chi connectivity index (χ2v) is 10.5. The number of rotatable bonds is 9. The zero-order chi connectivity index (χ0) is 24.5. The maximum Gasteiger partial charge on any atom is 0.408 e. The average Bonchev–Trinajstić information content (AvgIpc) is 2.76. The monoisotopic (exact) mass is 473 g/mol. The largest absolute Gasteiger partial charge is 0.459 e. The Hall–Kier alpha value is -3.13. The third-order valence-corrected chi connectivity index (χ3v) is 5.91. The lowest BCUT2D eigenvalue weighted by atomic mass is 10.0. The highest BCUT2D eigenvalue weighted by Gasteiger charge is 2.27. The van der Waals surface area contributed by atoms with Crippen molar-refractivity contribution < 1.29 is 27.5 Å². The Morgan fingerprint density at radius 2 is 1.58 bits per heavy atom. The molecule has 0 fully saturated rings. The molecule has 0 spiro atoms. The molecule has 0 aliphatic carbocycles. The van der Waals surface area contributed by atoms with E-state index in [2.05, 4.69) is 5.32 Å². The van der Waals surface area contributed by atoms with Gasteiger partial charge in [-0.1, -0.05) is 61.5 Å². The van der Waals surface area contributed by atoms with E-state index in [0.29, 0.717) is 0 Å². The van der Waals surface area contributed by atoms with Crippen LogP contribution in [0.15, 0.2) is 77.0 Å². The molecule has 2 atom stereocenters. The summed E-state index contributed by atoms with van der Waals surface area (Å²) in [6, 6.07) is 16.2. The van der Waals surface area contributed by atoms with E-state index >= 15 is 0 Å². The average molecular weight is 474 g/mol. The van der Waals surface area contributed by atoms with Gasteiger partial charge in [-0.25, -0.2) is 18.0 Å². The van der Waals surface area contributed by atoms with Crippen molar-refractivity contribution in [1.82, 2.24) is 5.32 Å². The Morgan fingerprint density at radius 1 is 1.00 bits per heavy atom. The summed E-state index contributed by atoms with van der Waals surface area (Å²) in [7, 11) is -3.61. The summed E-state index contributed by atoms with van der Waals surface area (Å²) in [4.78, 5) is 25.2. The summed E-state index contributed by atoms with van der Waals surface area (Å²) in [5, 5.41) is 3.67. The summed E-state index contributed by atoms with van der Waals surface area (Å²) in [5.74, 6) is -0.983. The summed E-state index contributed by atoms with van der Waals surface area (Å²) >= 11 is 0. The number of carbonyl (C=O) groups excluding carboxylic acids is 2. The molecule has 0 radical (unpaired) electrons. The standard InChI is InChI=1S/C25H31NO6S/c1-19(15-16-33(29,30)21-13-9-6-10-14-21)17-22(26-24(28)32-25(2,3)4)23(27)31-18-20-11-7-5-8-12-20/h5-16,19,22H,17-18H2,1-4H3,(H,26,28)/b16-15+/t19-,22+/m0/s1. The quantitative estimate of drug-likeness (QED) is 0.533. The minimum Gasteiger partial charge on any atom is -0.459 e. The Bertz CT molecular complexity index is 1040. The van der Waals surface area contributed by atoms with Crippen LogP contribution >= 0.6 is 0 Å². The maximum atomic E-state index is 12.7. The van der Waals surface area contributed by atoms with Crippen LogP contribution in [0.25, 0.3) is 0 Å². The van der Waals surface area contributed by atoms with Crippen LogP contribution in [0.2, 0.25) is 0 Å². The first-order valence-corrected chi connectivity index (χ1v) is 12.2.